The molecule has 1 aromatic heterocycles. The molecule has 2 aromatic rings. The van der Waals surface area contributed by atoms with E-state index in [0.717, 1.165) is 10.4 Å². The quantitative estimate of drug-likeness (QED) is 0.708. The summed E-state index contributed by atoms with van der Waals surface area (Å²) in [5, 5.41) is 15.9. The second kappa shape index (κ2) is 7.81. The summed E-state index contributed by atoms with van der Waals surface area (Å²) in [6.45, 7) is 0. The monoisotopic (exact) mass is 414 g/mol. The maximum atomic E-state index is 12.7. The van der Waals surface area contributed by atoms with E-state index in [1.165, 1.54) is 16.7 Å². The van der Waals surface area contributed by atoms with Crippen molar-refractivity contribution in [2.24, 2.45) is 0 Å². The molecule has 6 nitrogen and oxygen atoms in total. The average molecular weight is 415 g/mol. The molecular weight excluding hydrogens is 396 g/mol. The number of carbonyl (C=O) groups excluding carboxylic acids is 2. The van der Waals surface area contributed by atoms with E-state index in [-0.39, 0.29) is 23.6 Å². The third-order valence-electron chi connectivity index (χ3n) is 4.78. The normalized spacial score (nSPS) is 23.4. The van der Waals surface area contributed by atoms with Crippen molar-refractivity contribution in [1.82, 2.24) is 10.2 Å². The minimum Gasteiger partial charge on any atom is -0.479 e. The van der Waals surface area contributed by atoms with Crippen LogP contribution in [-0.2, 0) is 27.2 Å². The molecule has 2 aliphatic rings. The highest BCUT2D eigenvalue weighted by molar-refractivity contribution is 8.02. The molecule has 0 saturated carbocycles. The minimum atomic E-state index is -1.05. The van der Waals surface area contributed by atoms with Crippen LogP contribution in [-0.4, -0.2) is 45.2 Å². The zero-order valence-corrected chi connectivity index (χ0v) is 16.4. The maximum Gasteiger partial charge on any atom is 0.330 e. The molecule has 144 valence electrons. The Kier molecular flexibility index (Phi) is 5.23. The van der Waals surface area contributed by atoms with Gasteiger partial charge in [-0.2, -0.15) is 0 Å². The van der Waals surface area contributed by atoms with Gasteiger partial charge >= 0.3 is 5.97 Å². The van der Waals surface area contributed by atoms with Crippen molar-refractivity contribution in [2.45, 2.75) is 30.3 Å². The SMILES string of the molecule is O=C(Cc1ccccc1)N[C@@H]1C(=O)N2C(C(=O)O)C(Cc3cccs3)=CS[C@H]12. The number of nitrogens with zero attached hydrogens (tertiary/aromatic N) is 1. The van der Waals surface area contributed by atoms with E-state index in [4.69, 9.17) is 0 Å². The topological polar surface area (TPSA) is 86.7 Å². The van der Waals surface area contributed by atoms with Crippen molar-refractivity contribution >= 4 is 40.9 Å². The summed E-state index contributed by atoms with van der Waals surface area (Å²) in [5.74, 6) is -1.64. The van der Waals surface area contributed by atoms with E-state index in [1.54, 1.807) is 11.3 Å². The molecule has 3 heterocycles. The van der Waals surface area contributed by atoms with Crippen molar-refractivity contribution in [3.05, 3.63) is 69.3 Å². The number of β-lactam (4-membered cyclic amide) rings is 1. The first-order chi connectivity index (χ1) is 13.5. The largest absolute Gasteiger partial charge is 0.479 e. The first-order valence-electron chi connectivity index (χ1n) is 8.79. The van der Waals surface area contributed by atoms with Crippen LogP contribution in [0.2, 0.25) is 0 Å². The van der Waals surface area contributed by atoms with Crippen LogP contribution in [0.1, 0.15) is 10.4 Å². The summed E-state index contributed by atoms with van der Waals surface area (Å²) in [6.07, 6.45) is 0.687. The number of carboxylic acid groups (broad SMARTS) is 1. The number of benzene rings is 1. The molecule has 1 aromatic carbocycles. The molecule has 2 aliphatic heterocycles. The lowest BCUT2D eigenvalue weighted by molar-refractivity contribution is -0.160. The van der Waals surface area contributed by atoms with Crippen LogP contribution in [0.3, 0.4) is 0 Å². The van der Waals surface area contributed by atoms with Gasteiger partial charge in [-0.15, -0.1) is 23.1 Å². The smallest absolute Gasteiger partial charge is 0.330 e. The van der Waals surface area contributed by atoms with Gasteiger partial charge in [0.05, 0.1) is 6.42 Å². The van der Waals surface area contributed by atoms with Crippen molar-refractivity contribution in [3.8, 4) is 0 Å². The van der Waals surface area contributed by atoms with Gasteiger partial charge in [0.25, 0.3) is 0 Å². The Labute approximate surface area is 170 Å². The molecule has 8 heteroatoms. The summed E-state index contributed by atoms with van der Waals surface area (Å²) >= 11 is 2.95. The molecular formula is C20H18N2O4S2. The van der Waals surface area contributed by atoms with Crippen LogP contribution in [0.4, 0.5) is 0 Å². The average Bonchev–Trinajstić information content (AvgIpc) is 3.19. The first-order valence-corrected chi connectivity index (χ1v) is 10.6. The second-order valence-electron chi connectivity index (χ2n) is 6.67. The van der Waals surface area contributed by atoms with Crippen molar-refractivity contribution < 1.29 is 19.5 Å². The Morgan fingerprint density at radius 2 is 1.93 bits per heavy atom. The fraction of sp³-hybridized carbons (Fsp3) is 0.250. The van der Waals surface area contributed by atoms with E-state index in [0.29, 0.717) is 12.0 Å². The van der Waals surface area contributed by atoms with Gasteiger partial charge in [0.2, 0.25) is 11.8 Å². The Balaban J connectivity index is 1.46. The second-order valence-corrected chi connectivity index (χ2v) is 8.69. The molecule has 4 rings (SSSR count). The van der Waals surface area contributed by atoms with E-state index in [9.17, 15) is 19.5 Å². The van der Waals surface area contributed by atoms with Gasteiger partial charge in [0.15, 0.2) is 6.04 Å². The standard InChI is InChI=1S/C20H18N2O4S2/c23-15(9-12-5-2-1-3-6-12)21-16-18(24)22-17(20(25)26)13(11-28-19(16)22)10-14-7-4-8-27-14/h1-8,11,16-17,19H,9-10H2,(H,21,23)(H,25,26)/t16-,17?,19-/m1/s1. The molecule has 0 aliphatic carbocycles. The van der Waals surface area contributed by atoms with Crippen molar-refractivity contribution in [3.63, 3.8) is 0 Å². The molecule has 1 unspecified atom stereocenters. The highest BCUT2D eigenvalue weighted by Gasteiger charge is 2.55. The van der Waals surface area contributed by atoms with Gasteiger partial charge in [-0.25, -0.2) is 4.79 Å². The first kappa shape index (κ1) is 18.8. The zero-order valence-electron chi connectivity index (χ0n) is 14.8. The van der Waals surface area contributed by atoms with Gasteiger partial charge in [0.1, 0.15) is 11.4 Å². The number of thioether (sulfide) groups is 1. The predicted molar refractivity (Wildman–Crippen MR) is 108 cm³/mol. The summed E-state index contributed by atoms with van der Waals surface area (Å²) < 4.78 is 0. The van der Waals surface area contributed by atoms with Crippen molar-refractivity contribution in [2.75, 3.05) is 0 Å². The number of carboxylic acids is 1. The van der Waals surface area contributed by atoms with Gasteiger partial charge in [-0.3, -0.25) is 9.59 Å². The number of amides is 2. The highest BCUT2D eigenvalue weighted by atomic mass is 32.2. The maximum absolute atomic E-state index is 12.7. The summed E-state index contributed by atoms with van der Waals surface area (Å²) in [7, 11) is 0. The lowest BCUT2D eigenvalue weighted by Gasteiger charge is -2.51. The van der Waals surface area contributed by atoms with Crippen LogP contribution in [0.25, 0.3) is 0 Å². The molecule has 2 amide bonds. The summed E-state index contributed by atoms with van der Waals surface area (Å²) in [4.78, 5) is 39.3. The summed E-state index contributed by atoms with van der Waals surface area (Å²) in [6, 6.07) is 11.5. The number of nitrogens with one attached hydrogen (secondary N) is 1. The molecule has 0 radical (unpaired) electrons. The number of hydrogen-bond donors (Lipinski definition) is 2. The number of thiophene rings is 1. The lowest BCUT2D eigenvalue weighted by Crippen LogP contribution is -2.74. The fourth-order valence-electron chi connectivity index (χ4n) is 3.47. The van der Waals surface area contributed by atoms with E-state index in [2.05, 4.69) is 5.32 Å². The number of aliphatic carboxylic acids is 1. The fourth-order valence-corrected chi connectivity index (χ4v) is 5.44. The highest BCUT2D eigenvalue weighted by Crippen LogP contribution is 2.41. The molecule has 0 spiro atoms. The number of hydrogen-bond acceptors (Lipinski definition) is 5. The van der Waals surface area contributed by atoms with Crippen LogP contribution in [0, 0.1) is 0 Å². The molecule has 2 N–H and O–H groups in total. The van der Waals surface area contributed by atoms with E-state index < -0.39 is 18.1 Å². The summed E-state index contributed by atoms with van der Waals surface area (Å²) in [5.41, 5.74) is 1.56. The van der Waals surface area contributed by atoms with Crippen LogP contribution in [0.15, 0.2) is 58.8 Å². The minimum absolute atomic E-state index is 0.184. The van der Waals surface area contributed by atoms with Gasteiger partial charge in [-0.1, -0.05) is 36.4 Å². The molecule has 1 saturated heterocycles. The third kappa shape index (κ3) is 3.57. The number of rotatable bonds is 6. The Bertz CT molecular complexity index is 927. The van der Waals surface area contributed by atoms with E-state index in [1.807, 2.05) is 53.3 Å². The van der Waals surface area contributed by atoms with E-state index >= 15 is 0 Å². The number of carbonyl (C=O) groups is 3. The van der Waals surface area contributed by atoms with Gasteiger partial charge in [0, 0.05) is 11.3 Å². The Morgan fingerprint density at radius 1 is 1.14 bits per heavy atom. The third-order valence-corrected chi connectivity index (χ3v) is 6.88. The number of fused-ring (bicyclic) bond motifs is 1. The van der Waals surface area contributed by atoms with Gasteiger partial charge < -0.3 is 15.3 Å². The molecule has 28 heavy (non-hydrogen) atoms. The predicted octanol–water partition coefficient (Wildman–Crippen LogP) is 2.27. The van der Waals surface area contributed by atoms with Gasteiger partial charge in [-0.05, 0) is 28.0 Å². The van der Waals surface area contributed by atoms with Crippen LogP contribution >= 0.6 is 23.1 Å². The van der Waals surface area contributed by atoms with Crippen molar-refractivity contribution in [1.29, 1.82) is 0 Å². The molecule has 0 bridgehead atoms. The van der Waals surface area contributed by atoms with Crippen LogP contribution in [0.5, 0.6) is 0 Å². The lowest BCUT2D eigenvalue weighted by atomic mass is 9.95. The van der Waals surface area contributed by atoms with Crippen LogP contribution < -0.4 is 5.32 Å². The Morgan fingerprint density at radius 3 is 2.61 bits per heavy atom. The zero-order chi connectivity index (χ0) is 19.7. The molecule has 3 atom stereocenters. The Hall–Kier alpha value is -2.58. The molecule has 1 fully saturated rings.